The summed E-state index contributed by atoms with van der Waals surface area (Å²) in [4.78, 5) is 42.2. The minimum Gasteiger partial charge on any atom is -0.497 e. The van der Waals surface area contributed by atoms with Gasteiger partial charge in [0.25, 0.3) is 0 Å². The number of hydrogen-bond acceptors (Lipinski definition) is 18. The van der Waals surface area contributed by atoms with Crippen molar-refractivity contribution in [3.8, 4) is 23.0 Å². The average Bonchev–Trinajstić information content (AvgIpc) is 3.25. The van der Waals surface area contributed by atoms with Crippen LogP contribution in [-0.2, 0) is 73.8 Å². The van der Waals surface area contributed by atoms with Gasteiger partial charge in [-0.15, -0.1) is 0 Å². The van der Waals surface area contributed by atoms with Gasteiger partial charge in [-0.1, -0.05) is 103 Å². The van der Waals surface area contributed by atoms with Crippen LogP contribution in [0.25, 0.3) is 0 Å². The van der Waals surface area contributed by atoms with E-state index in [2.05, 4.69) is 0 Å². The smallest absolute Gasteiger partial charge is 0.338 e. The molecule has 18 heteroatoms. The van der Waals surface area contributed by atoms with Gasteiger partial charge in [0.15, 0.2) is 30.9 Å². The number of ether oxygens (including phenoxy) is 14. The van der Waals surface area contributed by atoms with Crippen molar-refractivity contribution in [2.75, 3.05) is 41.7 Å². The van der Waals surface area contributed by atoms with Crippen LogP contribution in [0.15, 0.2) is 188 Å². The second-order valence-corrected chi connectivity index (χ2v) is 19.4. The lowest BCUT2D eigenvalue weighted by molar-refractivity contribution is -0.342. The quantitative estimate of drug-likeness (QED) is 0.0397. The summed E-state index contributed by atoms with van der Waals surface area (Å²) in [6.07, 6.45) is -13.7. The highest BCUT2D eigenvalue weighted by atomic mass is 16.7. The lowest BCUT2D eigenvalue weighted by atomic mass is 9.96. The van der Waals surface area contributed by atoms with Crippen molar-refractivity contribution in [3.63, 3.8) is 0 Å². The molecule has 7 aromatic carbocycles. The summed E-state index contributed by atoms with van der Waals surface area (Å²) in [5.74, 6) is 0.0602. The molecule has 2 fully saturated rings. The maximum atomic E-state index is 14.2. The van der Waals surface area contributed by atoms with Gasteiger partial charge >= 0.3 is 17.9 Å². The number of esters is 3. The molecule has 10 atom stereocenters. The van der Waals surface area contributed by atoms with Crippen LogP contribution in [0, 0.1) is 0 Å². The van der Waals surface area contributed by atoms with E-state index in [1.807, 2.05) is 97.1 Å². The number of methoxy groups -OCH3 is 4. The number of carbonyl (C=O) groups excluding carboxylic acids is 3. The number of aliphatic hydroxyl groups is 1. The number of aliphatic hydroxyl groups excluding tert-OH is 1. The molecule has 2 aliphatic heterocycles. The monoisotopic (exact) mass is 1130 g/mol. The van der Waals surface area contributed by atoms with E-state index in [9.17, 15) is 19.5 Å². The van der Waals surface area contributed by atoms with Crippen LogP contribution in [0.4, 0.5) is 0 Å². The molecule has 0 spiro atoms. The fourth-order valence-corrected chi connectivity index (χ4v) is 9.39. The molecule has 434 valence electrons. The number of hydrogen-bond donors (Lipinski definition) is 1. The molecule has 1 N–H and O–H groups in total. The average molecular weight is 1140 g/mol. The van der Waals surface area contributed by atoms with Crippen LogP contribution in [0.5, 0.6) is 23.0 Å². The van der Waals surface area contributed by atoms with E-state index in [1.54, 1.807) is 95.2 Å². The molecule has 0 unspecified atom stereocenters. The minimum absolute atomic E-state index is 0.0199. The molecule has 0 aromatic heterocycles. The molecule has 2 aliphatic rings. The first-order chi connectivity index (χ1) is 40.6. The van der Waals surface area contributed by atoms with Gasteiger partial charge in [0, 0.05) is 0 Å². The first kappa shape index (κ1) is 59.5. The van der Waals surface area contributed by atoms with E-state index in [0.29, 0.717) is 23.0 Å². The predicted molar refractivity (Wildman–Crippen MR) is 300 cm³/mol. The Bertz CT molecular complexity index is 3090. The SMILES string of the molecule is COc1ccc(COC[C@H]2O[C@@H](OC[C@H]3O[C@H](O)[C@H](OC(=O)c4ccccc4)[C@@H](OC(=O)c4ccccc4)[C@@H]3OC(=O)c3ccccc3)[C@H](OCc3ccc(OC)cc3)[C@@H](OCc3ccc(OC)cc3)[C@@H]2OCc2ccc(OC)cc2)cc1. The van der Waals surface area contributed by atoms with E-state index in [1.165, 1.54) is 24.3 Å². The zero-order chi connectivity index (χ0) is 57.9. The summed E-state index contributed by atoms with van der Waals surface area (Å²) >= 11 is 0. The predicted octanol–water partition coefficient (Wildman–Crippen LogP) is 9.13. The Balaban J connectivity index is 1.09. The zero-order valence-electron chi connectivity index (χ0n) is 46.3. The molecule has 83 heavy (non-hydrogen) atoms. The van der Waals surface area contributed by atoms with Crippen molar-refractivity contribution >= 4 is 17.9 Å². The molecule has 2 heterocycles. The first-order valence-corrected chi connectivity index (χ1v) is 26.9. The van der Waals surface area contributed by atoms with E-state index in [0.717, 1.165) is 22.3 Å². The molecule has 0 saturated carbocycles. The summed E-state index contributed by atoms with van der Waals surface area (Å²) in [7, 11) is 6.36. The minimum atomic E-state index is -1.97. The maximum Gasteiger partial charge on any atom is 0.338 e. The van der Waals surface area contributed by atoms with Crippen LogP contribution < -0.4 is 18.9 Å². The molecular weight excluding hydrogens is 1070 g/mol. The number of benzene rings is 7. The summed E-state index contributed by atoms with van der Waals surface area (Å²) in [6, 6.07) is 53.9. The largest absolute Gasteiger partial charge is 0.497 e. The molecule has 0 bridgehead atoms. The van der Waals surface area contributed by atoms with Gasteiger partial charge in [-0.05, 0) is 107 Å². The van der Waals surface area contributed by atoms with Gasteiger partial charge in [-0.25, -0.2) is 14.4 Å². The number of carbonyl (C=O) groups is 3. The Morgan fingerprint density at radius 3 is 1.12 bits per heavy atom. The fourth-order valence-electron chi connectivity index (χ4n) is 9.39. The second-order valence-electron chi connectivity index (χ2n) is 19.4. The van der Waals surface area contributed by atoms with Crippen molar-refractivity contribution in [2.45, 2.75) is 87.8 Å². The molecular formula is C65H66O18. The van der Waals surface area contributed by atoms with Crippen LogP contribution in [0.2, 0.25) is 0 Å². The zero-order valence-corrected chi connectivity index (χ0v) is 46.3. The summed E-state index contributed by atoms with van der Waals surface area (Å²) in [5.41, 5.74) is 3.65. The Morgan fingerprint density at radius 1 is 0.361 bits per heavy atom. The topological polar surface area (TPSA) is 201 Å². The van der Waals surface area contributed by atoms with Crippen LogP contribution in [-0.4, -0.2) is 126 Å². The summed E-state index contributed by atoms with van der Waals surface area (Å²) < 4.78 is 87.4. The Labute approximate surface area is 481 Å². The van der Waals surface area contributed by atoms with Crippen LogP contribution in [0.3, 0.4) is 0 Å². The molecule has 9 rings (SSSR count). The maximum absolute atomic E-state index is 14.2. The highest BCUT2D eigenvalue weighted by molar-refractivity contribution is 5.91. The number of rotatable bonds is 26. The van der Waals surface area contributed by atoms with Crippen molar-refractivity contribution in [2.24, 2.45) is 0 Å². The fraction of sp³-hybridized carbons (Fsp3) is 0.308. The van der Waals surface area contributed by atoms with Gasteiger partial charge in [-0.2, -0.15) is 0 Å². The van der Waals surface area contributed by atoms with E-state index < -0.39 is 85.9 Å². The highest BCUT2D eigenvalue weighted by Crippen LogP contribution is 2.35. The second kappa shape index (κ2) is 29.7. The van der Waals surface area contributed by atoms with Crippen LogP contribution in [0.1, 0.15) is 53.3 Å². The molecule has 7 aromatic rings. The molecule has 0 radical (unpaired) electrons. The molecule has 0 amide bonds. The van der Waals surface area contributed by atoms with E-state index in [-0.39, 0.29) is 49.7 Å². The van der Waals surface area contributed by atoms with Gasteiger partial charge in [0.2, 0.25) is 0 Å². The van der Waals surface area contributed by atoms with Crippen molar-refractivity contribution in [1.82, 2.24) is 0 Å². The van der Waals surface area contributed by atoms with Crippen molar-refractivity contribution in [3.05, 3.63) is 227 Å². The Kier molecular flexibility index (Phi) is 21.3. The Morgan fingerprint density at radius 2 is 0.711 bits per heavy atom. The standard InChI is InChI=1S/C65H66O18/c1-70-49-28-20-42(21-29-49)36-74-40-53-55(75-37-43-22-30-50(71-2)31-23-43)57(76-38-44-24-32-51(72-3)33-25-44)60(77-39-45-26-34-52(73-4)35-27-45)65(80-53)78-41-54-56(81-61(66)46-14-8-5-9-15-46)58(82-62(67)47-16-10-6-11-17-47)59(64(69)79-54)83-63(68)48-18-12-7-13-19-48/h5-35,53-60,64-65,69H,36-41H2,1-4H3/t53-,54-,55-,56-,57+,58+,59-,60-,64+,65-/m1/s1. The van der Waals surface area contributed by atoms with Gasteiger partial charge < -0.3 is 71.4 Å². The molecule has 18 nitrogen and oxygen atoms in total. The van der Waals surface area contributed by atoms with Gasteiger partial charge in [0.1, 0.15) is 53.5 Å². The van der Waals surface area contributed by atoms with Gasteiger partial charge in [-0.3, -0.25) is 0 Å². The normalized spacial score (nSPS) is 22.1. The van der Waals surface area contributed by atoms with E-state index >= 15 is 0 Å². The summed E-state index contributed by atoms with van der Waals surface area (Å²) in [6.45, 7) is -0.193. The highest BCUT2D eigenvalue weighted by Gasteiger charge is 2.54. The van der Waals surface area contributed by atoms with Gasteiger partial charge in [0.05, 0.1) is 84.8 Å². The lowest BCUT2D eigenvalue weighted by Gasteiger charge is -2.47. The molecule has 0 aliphatic carbocycles. The van der Waals surface area contributed by atoms with E-state index in [4.69, 9.17) is 66.3 Å². The third-order valence-electron chi connectivity index (χ3n) is 13.9. The molecule has 2 saturated heterocycles. The third kappa shape index (κ3) is 16.1. The Hall–Kier alpha value is -8.17. The van der Waals surface area contributed by atoms with Crippen molar-refractivity contribution in [1.29, 1.82) is 0 Å². The lowest BCUT2D eigenvalue weighted by Crippen LogP contribution is -2.64. The van der Waals surface area contributed by atoms with Crippen LogP contribution >= 0.6 is 0 Å². The first-order valence-electron chi connectivity index (χ1n) is 26.9. The van der Waals surface area contributed by atoms with Crippen molar-refractivity contribution < 1.29 is 85.8 Å². The summed E-state index contributed by atoms with van der Waals surface area (Å²) in [5, 5.41) is 12.0. The third-order valence-corrected chi connectivity index (χ3v) is 13.9.